The summed E-state index contributed by atoms with van der Waals surface area (Å²) in [5.41, 5.74) is 0. The van der Waals surface area contributed by atoms with Crippen molar-refractivity contribution in [1.29, 1.82) is 0 Å². The molecule has 1 atom stereocenters. The van der Waals surface area contributed by atoms with Crippen LogP contribution >= 0.6 is 0 Å². The fraction of sp³-hybridized carbons (Fsp3) is 0.500. The van der Waals surface area contributed by atoms with Crippen molar-refractivity contribution in [1.82, 2.24) is 10.3 Å². The second-order valence-electron chi connectivity index (χ2n) is 2.84. The van der Waals surface area contributed by atoms with Crippen LogP contribution in [0.15, 0.2) is 16.9 Å². The normalized spacial score (nSPS) is 24.3. The van der Waals surface area contributed by atoms with E-state index in [1.165, 1.54) is 6.26 Å². The largest absolute Gasteiger partial charge is 0.448 e. The van der Waals surface area contributed by atoms with Gasteiger partial charge in [-0.05, 0) is 0 Å². The lowest BCUT2D eigenvalue weighted by Gasteiger charge is -2.18. The molecule has 1 aliphatic heterocycles. The van der Waals surface area contributed by atoms with Crippen molar-refractivity contribution in [2.75, 3.05) is 13.1 Å². The lowest BCUT2D eigenvalue weighted by Crippen LogP contribution is -2.35. The molecule has 1 aliphatic rings. The number of hydrogen-bond donors (Lipinski definition) is 1. The topological polar surface area (TPSA) is 55.1 Å². The standard InChI is InChI=1S/C8H10N2O2/c11-7-1-2-9-5-6(7)8-10-3-4-12-8/h3-4,6,9H,1-2,5H2. The van der Waals surface area contributed by atoms with Crippen LogP contribution in [0.3, 0.4) is 0 Å². The summed E-state index contributed by atoms with van der Waals surface area (Å²) in [6, 6.07) is 0. The lowest BCUT2D eigenvalue weighted by atomic mass is 9.98. The van der Waals surface area contributed by atoms with Gasteiger partial charge in [0.2, 0.25) is 5.89 Å². The molecule has 4 heteroatoms. The summed E-state index contributed by atoms with van der Waals surface area (Å²) in [6.07, 6.45) is 3.64. The first kappa shape index (κ1) is 7.49. The molecule has 2 rings (SSSR count). The van der Waals surface area contributed by atoms with Crippen molar-refractivity contribution < 1.29 is 9.21 Å². The number of nitrogens with one attached hydrogen (secondary N) is 1. The quantitative estimate of drug-likeness (QED) is 0.652. The number of carbonyl (C=O) groups excluding carboxylic acids is 1. The zero-order valence-corrected chi connectivity index (χ0v) is 6.62. The molecule has 1 aromatic heterocycles. The van der Waals surface area contributed by atoms with Gasteiger partial charge in [0.1, 0.15) is 18.0 Å². The fourth-order valence-electron chi connectivity index (χ4n) is 1.38. The summed E-state index contributed by atoms with van der Waals surface area (Å²) in [5.74, 6) is 0.581. The fourth-order valence-corrected chi connectivity index (χ4v) is 1.38. The number of oxazole rings is 1. The molecule has 0 radical (unpaired) electrons. The summed E-state index contributed by atoms with van der Waals surface area (Å²) >= 11 is 0. The average molecular weight is 166 g/mol. The van der Waals surface area contributed by atoms with E-state index in [0.29, 0.717) is 18.9 Å². The van der Waals surface area contributed by atoms with Crippen molar-refractivity contribution >= 4 is 5.78 Å². The summed E-state index contributed by atoms with van der Waals surface area (Å²) in [7, 11) is 0. The molecule has 2 heterocycles. The Morgan fingerprint density at radius 2 is 2.58 bits per heavy atom. The number of Topliss-reactive ketones (excluding diaryl/α,β-unsaturated/α-hetero) is 1. The second-order valence-corrected chi connectivity index (χ2v) is 2.84. The van der Waals surface area contributed by atoms with Crippen LogP contribution in [0.1, 0.15) is 18.2 Å². The summed E-state index contributed by atoms with van der Waals surface area (Å²) in [4.78, 5) is 15.3. The zero-order valence-electron chi connectivity index (χ0n) is 6.62. The Kier molecular flexibility index (Phi) is 1.91. The highest BCUT2D eigenvalue weighted by molar-refractivity contribution is 5.85. The van der Waals surface area contributed by atoms with Crippen molar-refractivity contribution in [2.45, 2.75) is 12.3 Å². The van der Waals surface area contributed by atoms with E-state index in [1.807, 2.05) is 0 Å². The van der Waals surface area contributed by atoms with Gasteiger partial charge < -0.3 is 9.73 Å². The first-order chi connectivity index (χ1) is 5.88. The van der Waals surface area contributed by atoms with Gasteiger partial charge in [0.25, 0.3) is 0 Å². The van der Waals surface area contributed by atoms with Gasteiger partial charge in [-0.3, -0.25) is 4.79 Å². The monoisotopic (exact) mass is 166 g/mol. The van der Waals surface area contributed by atoms with E-state index in [0.717, 1.165) is 6.54 Å². The minimum atomic E-state index is -0.172. The van der Waals surface area contributed by atoms with Crippen LogP contribution in [0.5, 0.6) is 0 Å². The van der Waals surface area contributed by atoms with Crippen molar-refractivity contribution in [2.24, 2.45) is 0 Å². The second kappa shape index (κ2) is 3.06. The molecular weight excluding hydrogens is 156 g/mol. The number of piperidine rings is 1. The van der Waals surface area contributed by atoms with E-state index in [4.69, 9.17) is 4.42 Å². The van der Waals surface area contributed by atoms with Crippen LogP contribution < -0.4 is 5.32 Å². The Bertz CT molecular complexity index is 269. The molecule has 4 nitrogen and oxygen atoms in total. The molecule has 0 saturated carbocycles. The van der Waals surface area contributed by atoms with Gasteiger partial charge in [-0.25, -0.2) is 4.98 Å². The van der Waals surface area contributed by atoms with E-state index in [9.17, 15) is 4.79 Å². The number of aromatic nitrogens is 1. The van der Waals surface area contributed by atoms with Gasteiger partial charge >= 0.3 is 0 Å². The Balaban J connectivity index is 2.17. The zero-order chi connectivity index (χ0) is 8.39. The van der Waals surface area contributed by atoms with Gasteiger partial charge in [0.15, 0.2) is 0 Å². The van der Waals surface area contributed by atoms with E-state index < -0.39 is 0 Å². The maximum Gasteiger partial charge on any atom is 0.205 e. The molecule has 1 unspecified atom stereocenters. The number of rotatable bonds is 1. The highest BCUT2D eigenvalue weighted by atomic mass is 16.3. The molecule has 0 bridgehead atoms. The van der Waals surface area contributed by atoms with Gasteiger partial charge in [-0.2, -0.15) is 0 Å². The first-order valence-electron chi connectivity index (χ1n) is 4.01. The Hall–Kier alpha value is -1.16. The van der Waals surface area contributed by atoms with Gasteiger partial charge in [-0.1, -0.05) is 0 Å². The van der Waals surface area contributed by atoms with E-state index in [1.54, 1.807) is 6.20 Å². The molecule has 0 spiro atoms. The third kappa shape index (κ3) is 1.25. The van der Waals surface area contributed by atoms with Crippen molar-refractivity contribution in [3.8, 4) is 0 Å². The van der Waals surface area contributed by atoms with Gasteiger partial charge in [0.05, 0.1) is 6.20 Å². The molecule has 1 aromatic rings. The Morgan fingerprint density at radius 1 is 1.67 bits per heavy atom. The van der Waals surface area contributed by atoms with Crippen molar-refractivity contribution in [3.05, 3.63) is 18.4 Å². The minimum absolute atomic E-state index is 0.172. The molecule has 0 aromatic carbocycles. The predicted molar refractivity (Wildman–Crippen MR) is 41.7 cm³/mol. The van der Waals surface area contributed by atoms with Crippen LogP contribution in [0.25, 0.3) is 0 Å². The van der Waals surface area contributed by atoms with Crippen LogP contribution in [0, 0.1) is 0 Å². The molecule has 1 N–H and O–H groups in total. The van der Waals surface area contributed by atoms with Crippen LogP contribution in [-0.4, -0.2) is 23.9 Å². The first-order valence-corrected chi connectivity index (χ1v) is 4.01. The third-order valence-electron chi connectivity index (χ3n) is 2.03. The molecule has 1 fully saturated rings. The molecule has 0 aliphatic carbocycles. The Labute approximate surface area is 70.0 Å². The number of hydrogen-bond acceptors (Lipinski definition) is 4. The maximum atomic E-state index is 11.4. The lowest BCUT2D eigenvalue weighted by molar-refractivity contribution is -0.121. The van der Waals surface area contributed by atoms with Crippen molar-refractivity contribution in [3.63, 3.8) is 0 Å². The van der Waals surface area contributed by atoms with Gasteiger partial charge in [0, 0.05) is 19.5 Å². The number of ketones is 1. The molecule has 0 amide bonds. The summed E-state index contributed by atoms with van der Waals surface area (Å²) in [6.45, 7) is 1.43. The highest BCUT2D eigenvalue weighted by Gasteiger charge is 2.26. The highest BCUT2D eigenvalue weighted by Crippen LogP contribution is 2.17. The Morgan fingerprint density at radius 3 is 3.25 bits per heavy atom. The molecule has 64 valence electrons. The maximum absolute atomic E-state index is 11.4. The average Bonchev–Trinajstić information content (AvgIpc) is 2.57. The van der Waals surface area contributed by atoms with Crippen LogP contribution in [-0.2, 0) is 4.79 Å². The number of nitrogens with zero attached hydrogens (tertiary/aromatic N) is 1. The minimum Gasteiger partial charge on any atom is -0.448 e. The smallest absolute Gasteiger partial charge is 0.205 e. The summed E-state index contributed by atoms with van der Waals surface area (Å²) < 4.78 is 5.07. The molecule has 1 saturated heterocycles. The van der Waals surface area contributed by atoms with E-state index in [-0.39, 0.29) is 11.7 Å². The van der Waals surface area contributed by atoms with E-state index in [2.05, 4.69) is 10.3 Å². The van der Waals surface area contributed by atoms with Crippen LogP contribution in [0.4, 0.5) is 0 Å². The third-order valence-corrected chi connectivity index (χ3v) is 2.03. The molecule has 12 heavy (non-hydrogen) atoms. The number of carbonyl (C=O) groups is 1. The van der Waals surface area contributed by atoms with Crippen LogP contribution in [0.2, 0.25) is 0 Å². The van der Waals surface area contributed by atoms with E-state index >= 15 is 0 Å². The predicted octanol–water partition coefficient (Wildman–Crippen LogP) is 0.321. The summed E-state index contributed by atoms with van der Waals surface area (Å²) in [5, 5.41) is 3.13. The SMILES string of the molecule is O=C1CCNCC1c1ncco1. The van der Waals surface area contributed by atoms with Gasteiger partial charge in [-0.15, -0.1) is 0 Å². The molecular formula is C8H10N2O2.